The lowest BCUT2D eigenvalue weighted by atomic mass is 9.93. The zero-order chi connectivity index (χ0) is 23.0. The van der Waals surface area contributed by atoms with Gasteiger partial charge in [-0.3, -0.25) is 14.9 Å². The van der Waals surface area contributed by atoms with Gasteiger partial charge in [0.05, 0.1) is 16.6 Å². The summed E-state index contributed by atoms with van der Waals surface area (Å²) in [5.74, 6) is -13.9. The van der Waals surface area contributed by atoms with E-state index in [1.165, 1.54) is 0 Å². The van der Waals surface area contributed by atoms with E-state index in [-0.39, 0.29) is 6.08 Å². The molecular formula is C15H7F3I3NO8. The Morgan fingerprint density at radius 3 is 2.27 bits per heavy atom. The number of aliphatic carboxylic acids is 1. The normalized spacial score (nSPS) is 24.8. The molecular weight excluding hydrogens is 760 g/mol. The van der Waals surface area contributed by atoms with Crippen LogP contribution in [0.3, 0.4) is 0 Å². The number of halogens is 6. The van der Waals surface area contributed by atoms with E-state index in [1.807, 2.05) is 28.7 Å². The fourth-order valence-electron chi connectivity index (χ4n) is 2.30. The summed E-state index contributed by atoms with van der Waals surface area (Å²) < 4.78 is 52.7. The van der Waals surface area contributed by atoms with Crippen molar-refractivity contribution in [2.75, 3.05) is 6.79 Å². The molecule has 30 heavy (non-hydrogen) atoms. The Hall–Kier alpha value is -1.22. The van der Waals surface area contributed by atoms with E-state index in [4.69, 9.17) is 10.2 Å². The molecule has 1 aromatic carbocycles. The SMILES string of the molecule is O=C(O)C1=C(F)C2(F)OCOC2=CC1(F)[N+](=O)[O-].O=C(O)c1cc(I)cc(I)c1I. The summed E-state index contributed by atoms with van der Waals surface area (Å²) in [6.45, 7) is -0.823. The van der Waals surface area contributed by atoms with Crippen LogP contribution in [0.4, 0.5) is 13.2 Å². The van der Waals surface area contributed by atoms with Crippen molar-refractivity contribution in [2.24, 2.45) is 0 Å². The molecule has 15 heteroatoms. The highest BCUT2D eigenvalue weighted by Gasteiger charge is 2.64. The Balaban J connectivity index is 0.000000232. The molecule has 2 aliphatic rings. The van der Waals surface area contributed by atoms with E-state index in [2.05, 4.69) is 54.7 Å². The van der Waals surface area contributed by atoms with Gasteiger partial charge in [0, 0.05) is 10.7 Å². The van der Waals surface area contributed by atoms with Gasteiger partial charge in [-0.1, -0.05) is 0 Å². The first-order valence-electron chi connectivity index (χ1n) is 7.30. The molecule has 1 aromatic rings. The summed E-state index contributed by atoms with van der Waals surface area (Å²) >= 11 is 6.29. The molecule has 1 aliphatic carbocycles. The number of carboxylic acid groups (broad SMARTS) is 2. The second kappa shape index (κ2) is 9.10. The van der Waals surface area contributed by atoms with Gasteiger partial charge in [-0.25, -0.2) is 14.0 Å². The predicted octanol–water partition coefficient (Wildman–Crippen LogP) is 4.00. The highest BCUT2D eigenvalue weighted by atomic mass is 127. The smallest absolute Gasteiger partial charge is 0.417 e. The second-order valence-electron chi connectivity index (χ2n) is 5.49. The number of hydrogen-bond donors (Lipinski definition) is 2. The van der Waals surface area contributed by atoms with Gasteiger partial charge < -0.3 is 14.9 Å². The molecule has 9 nitrogen and oxygen atoms in total. The van der Waals surface area contributed by atoms with Crippen LogP contribution in [0.25, 0.3) is 0 Å². The third-order valence-corrected chi connectivity index (χ3v) is 7.33. The van der Waals surface area contributed by atoms with Crippen LogP contribution in [0.5, 0.6) is 0 Å². The van der Waals surface area contributed by atoms with Crippen LogP contribution < -0.4 is 0 Å². The molecule has 0 aromatic heterocycles. The lowest BCUT2D eigenvalue weighted by Crippen LogP contribution is -2.45. The molecule has 0 saturated carbocycles. The van der Waals surface area contributed by atoms with Gasteiger partial charge in [-0.05, 0) is 79.9 Å². The Morgan fingerprint density at radius 2 is 1.77 bits per heavy atom. The number of alkyl halides is 2. The standard InChI is InChI=1S/C8H4F3NO6.C7H3I3O2/c9-5-4(6(13)14)7(10,12(15)16)1-3-8(5,11)18-2-17-3;8-3-1-4(7(11)12)6(10)5(9)2-3/h1H,2H2,(H,13,14);1-2H,(H,11,12). The monoisotopic (exact) mass is 767 g/mol. The molecule has 0 bridgehead atoms. The number of ether oxygens (including phenoxy) is 2. The largest absolute Gasteiger partial charge is 0.478 e. The molecule has 0 radical (unpaired) electrons. The van der Waals surface area contributed by atoms with Crippen molar-refractivity contribution >= 4 is 79.7 Å². The lowest BCUT2D eigenvalue weighted by molar-refractivity contribution is -0.577. The Kier molecular flexibility index (Phi) is 7.60. The minimum Gasteiger partial charge on any atom is -0.478 e. The molecule has 2 N–H and O–H groups in total. The maximum absolute atomic E-state index is 13.9. The number of nitro groups is 1. The maximum Gasteiger partial charge on any atom is 0.417 e. The Labute approximate surface area is 205 Å². The van der Waals surface area contributed by atoms with Gasteiger partial charge in [0.15, 0.2) is 24.0 Å². The predicted molar refractivity (Wildman–Crippen MR) is 117 cm³/mol. The summed E-state index contributed by atoms with van der Waals surface area (Å²) in [4.78, 5) is 30.2. The fourth-order valence-corrected chi connectivity index (χ4v) is 4.69. The van der Waals surface area contributed by atoms with Gasteiger partial charge in [0.25, 0.3) is 0 Å². The molecule has 2 unspecified atom stereocenters. The van der Waals surface area contributed by atoms with Crippen molar-refractivity contribution in [1.29, 1.82) is 0 Å². The molecule has 1 saturated heterocycles. The molecule has 1 fully saturated rings. The van der Waals surface area contributed by atoms with Crippen molar-refractivity contribution in [2.45, 2.75) is 11.6 Å². The molecule has 0 amide bonds. The second-order valence-corrected chi connectivity index (χ2v) is 8.98. The number of nitrogens with zero attached hydrogens (tertiary/aromatic N) is 1. The van der Waals surface area contributed by atoms with Crippen molar-refractivity contribution in [3.63, 3.8) is 0 Å². The van der Waals surface area contributed by atoms with Gasteiger partial charge in [0.1, 0.15) is 0 Å². The van der Waals surface area contributed by atoms with E-state index in [0.717, 1.165) is 10.7 Å². The quantitative estimate of drug-likeness (QED) is 0.155. The van der Waals surface area contributed by atoms with E-state index in [9.17, 15) is 32.9 Å². The van der Waals surface area contributed by atoms with Gasteiger partial charge in [-0.15, -0.1) is 0 Å². The number of rotatable bonds is 3. The third-order valence-electron chi connectivity index (χ3n) is 3.67. The highest BCUT2D eigenvalue weighted by molar-refractivity contribution is 14.1. The first-order chi connectivity index (χ1) is 13.8. The van der Waals surface area contributed by atoms with Crippen LogP contribution in [-0.2, 0) is 14.3 Å². The first-order valence-corrected chi connectivity index (χ1v) is 10.5. The van der Waals surface area contributed by atoms with Crippen molar-refractivity contribution < 1.29 is 47.4 Å². The number of carboxylic acids is 2. The van der Waals surface area contributed by atoms with Crippen LogP contribution in [0.2, 0.25) is 0 Å². The van der Waals surface area contributed by atoms with Crippen LogP contribution in [0, 0.1) is 20.8 Å². The van der Waals surface area contributed by atoms with Crippen molar-refractivity contribution in [3.8, 4) is 0 Å². The summed E-state index contributed by atoms with van der Waals surface area (Å²) in [6, 6.07) is 3.63. The summed E-state index contributed by atoms with van der Waals surface area (Å²) in [5.41, 5.74) is -1.60. The Bertz CT molecular complexity index is 1020. The number of hydrogen-bond acceptors (Lipinski definition) is 6. The number of benzene rings is 1. The van der Waals surface area contributed by atoms with Gasteiger partial charge in [-0.2, -0.15) is 8.78 Å². The number of carbonyl (C=O) groups is 2. The number of fused-ring (bicyclic) bond motifs is 1. The topological polar surface area (TPSA) is 136 Å². The minimum atomic E-state index is -3.92. The van der Waals surface area contributed by atoms with Crippen molar-refractivity contribution in [1.82, 2.24) is 0 Å². The van der Waals surface area contributed by atoms with Crippen LogP contribution in [0.15, 0.2) is 35.4 Å². The van der Waals surface area contributed by atoms with E-state index >= 15 is 0 Å². The van der Waals surface area contributed by atoms with E-state index in [1.54, 1.807) is 6.07 Å². The average Bonchev–Trinajstić information content (AvgIpc) is 3.00. The summed E-state index contributed by atoms with van der Waals surface area (Å²) in [5, 5.41) is 27.9. The summed E-state index contributed by atoms with van der Waals surface area (Å²) in [7, 11) is 0. The van der Waals surface area contributed by atoms with Crippen LogP contribution >= 0.6 is 67.8 Å². The minimum absolute atomic E-state index is 0.0630. The van der Waals surface area contributed by atoms with Crippen molar-refractivity contribution in [3.05, 3.63) is 61.8 Å². The first kappa shape index (κ1) is 25.0. The third kappa shape index (κ3) is 4.52. The van der Waals surface area contributed by atoms with E-state index < -0.39 is 52.5 Å². The zero-order valence-electron chi connectivity index (χ0n) is 14.0. The van der Waals surface area contributed by atoms with Crippen LogP contribution in [0.1, 0.15) is 10.4 Å². The maximum atomic E-state index is 13.9. The molecule has 1 aliphatic heterocycles. The Morgan fingerprint density at radius 1 is 1.17 bits per heavy atom. The molecule has 1 heterocycles. The van der Waals surface area contributed by atoms with Crippen LogP contribution in [-0.4, -0.2) is 45.5 Å². The fraction of sp³-hybridized carbons (Fsp3) is 0.200. The zero-order valence-corrected chi connectivity index (χ0v) is 20.5. The van der Waals surface area contributed by atoms with Gasteiger partial charge >= 0.3 is 23.6 Å². The molecule has 3 rings (SSSR count). The van der Waals surface area contributed by atoms with Gasteiger partial charge in [0.2, 0.25) is 0 Å². The average molecular weight is 767 g/mol. The molecule has 2 atom stereocenters. The molecule has 162 valence electrons. The lowest BCUT2D eigenvalue weighted by Gasteiger charge is -2.25. The highest BCUT2D eigenvalue weighted by Crippen LogP contribution is 2.48. The summed E-state index contributed by atoms with van der Waals surface area (Å²) in [6.07, 6.45) is -0.0630. The molecule has 0 spiro atoms. The number of aromatic carboxylic acids is 1. The van der Waals surface area contributed by atoms with E-state index in [0.29, 0.717) is 5.56 Å².